The normalized spacial score (nSPS) is 18.9. The van der Waals surface area contributed by atoms with Gasteiger partial charge in [0.25, 0.3) is 0 Å². The minimum atomic E-state index is -0.824. The van der Waals surface area contributed by atoms with Crippen molar-refractivity contribution in [3.05, 3.63) is 0 Å². The fourth-order valence-electron chi connectivity index (χ4n) is 2.81. The number of aliphatic carboxylic acids is 1. The minimum absolute atomic E-state index is 0.00204. The highest BCUT2D eigenvalue weighted by molar-refractivity contribution is 5.76. The molecule has 21 heavy (non-hydrogen) atoms. The van der Waals surface area contributed by atoms with E-state index >= 15 is 0 Å². The Morgan fingerprint density at radius 1 is 1.24 bits per heavy atom. The maximum atomic E-state index is 12.6. The lowest BCUT2D eigenvalue weighted by Crippen LogP contribution is -2.51. The number of nitrogens with zero attached hydrogens (tertiary/aromatic N) is 3. The lowest BCUT2D eigenvalue weighted by atomic mass is 10.00. The van der Waals surface area contributed by atoms with E-state index in [1.165, 1.54) is 0 Å². The van der Waals surface area contributed by atoms with Crippen molar-refractivity contribution in [3.8, 4) is 0 Å². The molecule has 0 aromatic rings. The molecule has 2 amide bonds. The number of amides is 2. The average Bonchev–Trinajstić information content (AvgIpc) is 2.42. The van der Waals surface area contributed by atoms with Crippen LogP contribution in [0.5, 0.6) is 0 Å². The van der Waals surface area contributed by atoms with Gasteiger partial charge in [-0.1, -0.05) is 0 Å². The molecule has 0 aliphatic carbocycles. The van der Waals surface area contributed by atoms with Crippen molar-refractivity contribution in [2.75, 3.05) is 40.3 Å². The molecule has 1 rings (SSSR count). The Morgan fingerprint density at radius 3 is 2.52 bits per heavy atom. The number of rotatable bonds is 7. The van der Waals surface area contributed by atoms with Gasteiger partial charge in [-0.25, -0.2) is 4.79 Å². The summed E-state index contributed by atoms with van der Waals surface area (Å²) in [6.07, 6.45) is 3.77. The summed E-state index contributed by atoms with van der Waals surface area (Å²) in [4.78, 5) is 29.3. The number of carboxylic acids is 1. The Labute approximate surface area is 127 Å². The molecule has 1 heterocycles. The Bertz CT molecular complexity index is 347. The van der Waals surface area contributed by atoms with Crippen LogP contribution < -0.4 is 0 Å². The topological polar surface area (TPSA) is 64.1 Å². The molecule has 0 saturated carbocycles. The first-order chi connectivity index (χ1) is 9.95. The first-order valence-electron chi connectivity index (χ1n) is 7.87. The van der Waals surface area contributed by atoms with E-state index in [4.69, 9.17) is 5.11 Å². The molecule has 1 aliphatic heterocycles. The first kappa shape index (κ1) is 17.8. The smallest absolute Gasteiger partial charge is 0.320 e. The summed E-state index contributed by atoms with van der Waals surface area (Å²) in [5.74, 6) is -0.824. The standard InChI is InChI=1S/C15H29N3O3/c1-4-17(10-7-9-16(2)3)15(21)18-11-6-5-8-13(18)12-14(19)20/h13H,4-12H2,1-3H3,(H,19,20). The molecule has 1 aliphatic rings. The number of hydrogen-bond acceptors (Lipinski definition) is 3. The third-order valence-corrected chi connectivity index (χ3v) is 3.97. The predicted octanol–water partition coefficient (Wildman–Crippen LogP) is 1.71. The molecular weight excluding hydrogens is 270 g/mol. The van der Waals surface area contributed by atoms with Crippen molar-refractivity contribution in [2.24, 2.45) is 0 Å². The monoisotopic (exact) mass is 299 g/mol. The SMILES string of the molecule is CCN(CCCN(C)C)C(=O)N1CCCCC1CC(=O)O. The Balaban J connectivity index is 2.60. The lowest BCUT2D eigenvalue weighted by molar-refractivity contribution is -0.138. The van der Waals surface area contributed by atoms with Gasteiger partial charge in [0.1, 0.15) is 0 Å². The van der Waals surface area contributed by atoms with Gasteiger partial charge in [0.15, 0.2) is 0 Å². The van der Waals surface area contributed by atoms with Gasteiger partial charge in [-0.15, -0.1) is 0 Å². The maximum Gasteiger partial charge on any atom is 0.320 e. The summed E-state index contributed by atoms with van der Waals surface area (Å²) in [6, 6.07) is -0.145. The second-order valence-corrected chi connectivity index (χ2v) is 5.96. The Morgan fingerprint density at radius 2 is 1.95 bits per heavy atom. The number of urea groups is 1. The van der Waals surface area contributed by atoms with Gasteiger partial charge in [-0.2, -0.15) is 0 Å². The molecule has 1 saturated heterocycles. The molecule has 6 heteroatoms. The van der Waals surface area contributed by atoms with E-state index in [0.717, 1.165) is 38.8 Å². The third kappa shape index (κ3) is 5.91. The minimum Gasteiger partial charge on any atom is -0.481 e. The molecule has 0 aromatic carbocycles. The summed E-state index contributed by atoms with van der Waals surface area (Å²) >= 11 is 0. The second-order valence-electron chi connectivity index (χ2n) is 5.96. The van der Waals surface area contributed by atoms with E-state index in [9.17, 15) is 9.59 Å². The molecule has 0 radical (unpaired) electrons. The zero-order valence-electron chi connectivity index (χ0n) is 13.5. The number of likely N-dealkylation sites (tertiary alicyclic amines) is 1. The van der Waals surface area contributed by atoms with E-state index in [-0.39, 0.29) is 18.5 Å². The van der Waals surface area contributed by atoms with Gasteiger partial charge in [0.05, 0.1) is 6.42 Å². The van der Waals surface area contributed by atoms with E-state index in [0.29, 0.717) is 13.1 Å². The van der Waals surface area contributed by atoms with E-state index in [1.807, 2.05) is 25.9 Å². The number of piperidine rings is 1. The predicted molar refractivity (Wildman–Crippen MR) is 82.4 cm³/mol. The molecule has 1 fully saturated rings. The highest BCUT2D eigenvalue weighted by atomic mass is 16.4. The molecule has 0 spiro atoms. The number of carbonyl (C=O) groups is 2. The van der Waals surface area contributed by atoms with Crippen LogP contribution >= 0.6 is 0 Å². The molecule has 0 bridgehead atoms. The van der Waals surface area contributed by atoms with Crippen molar-refractivity contribution >= 4 is 12.0 Å². The van der Waals surface area contributed by atoms with Crippen molar-refractivity contribution in [2.45, 2.75) is 45.1 Å². The van der Waals surface area contributed by atoms with Crippen molar-refractivity contribution in [1.29, 1.82) is 0 Å². The summed E-state index contributed by atoms with van der Waals surface area (Å²) < 4.78 is 0. The largest absolute Gasteiger partial charge is 0.481 e. The van der Waals surface area contributed by atoms with Crippen molar-refractivity contribution in [1.82, 2.24) is 14.7 Å². The van der Waals surface area contributed by atoms with Crippen LogP contribution in [0.3, 0.4) is 0 Å². The van der Waals surface area contributed by atoms with Crippen LogP contribution in [0.2, 0.25) is 0 Å². The number of carbonyl (C=O) groups excluding carboxylic acids is 1. The van der Waals surface area contributed by atoms with Crippen LogP contribution in [0.15, 0.2) is 0 Å². The van der Waals surface area contributed by atoms with Crippen LogP contribution in [0.25, 0.3) is 0 Å². The fourth-order valence-corrected chi connectivity index (χ4v) is 2.81. The molecule has 122 valence electrons. The second kappa shape index (κ2) is 8.87. The number of carboxylic acid groups (broad SMARTS) is 1. The molecule has 1 atom stereocenters. The van der Waals surface area contributed by atoms with Crippen molar-refractivity contribution in [3.63, 3.8) is 0 Å². The van der Waals surface area contributed by atoms with Crippen LogP contribution in [0.4, 0.5) is 4.79 Å². The first-order valence-corrected chi connectivity index (χ1v) is 7.87. The highest BCUT2D eigenvalue weighted by Crippen LogP contribution is 2.21. The zero-order valence-corrected chi connectivity index (χ0v) is 13.5. The summed E-state index contributed by atoms with van der Waals surface area (Å²) in [7, 11) is 4.04. The quantitative estimate of drug-likeness (QED) is 0.777. The fraction of sp³-hybridized carbons (Fsp3) is 0.867. The summed E-state index contributed by atoms with van der Waals surface area (Å²) in [6.45, 7) is 5.00. The van der Waals surface area contributed by atoms with Gasteiger partial charge >= 0.3 is 12.0 Å². The molecule has 1 unspecified atom stereocenters. The van der Waals surface area contributed by atoms with Gasteiger partial charge in [-0.05, 0) is 53.2 Å². The molecule has 0 aromatic heterocycles. The molecular formula is C15H29N3O3. The van der Waals surface area contributed by atoms with Crippen LogP contribution in [0.1, 0.15) is 39.0 Å². The van der Waals surface area contributed by atoms with Gasteiger partial charge in [-0.3, -0.25) is 4.79 Å². The van der Waals surface area contributed by atoms with Crippen molar-refractivity contribution < 1.29 is 14.7 Å². The number of hydrogen-bond donors (Lipinski definition) is 1. The average molecular weight is 299 g/mol. The molecule has 1 N–H and O–H groups in total. The highest BCUT2D eigenvalue weighted by Gasteiger charge is 2.30. The Kier molecular flexibility index (Phi) is 7.50. The summed E-state index contributed by atoms with van der Waals surface area (Å²) in [5, 5.41) is 9.01. The molecule has 6 nitrogen and oxygen atoms in total. The zero-order chi connectivity index (χ0) is 15.8. The van der Waals surface area contributed by atoms with Gasteiger partial charge in [0.2, 0.25) is 0 Å². The van der Waals surface area contributed by atoms with Gasteiger partial charge < -0.3 is 19.8 Å². The van der Waals surface area contributed by atoms with Crippen LogP contribution in [-0.2, 0) is 4.79 Å². The van der Waals surface area contributed by atoms with E-state index in [1.54, 1.807) is 4.90 Å². The summed E-state index contributed by atoms with van der Waals surface area (Å²) in [5.41, 5.74) is 0. The van der Waals surface area contributed by atoms with E-state index < -0.39 is 5.97 Å². The maximum absolute atomic E-state index is 12.6. The van der Waals surface area contributed by atoms with E-state index in [2.05, 4.69) is 4.90 Å². The third-order valence-electron chi connectivity index (χ3n) is 3.97. The van der Waals surface area contributed by atoms with Crippen LogP contribution in [0, 0.1) is 0 Å². The van der Waals surface area contributed by atoms with Crippen LogP contribution in [-0.4, -0.2) is 78.1 Å². The lowest BCUT2D eigenvalue weighted by Gasteiger charge is -2.38. The van der Waals surface area contributed by atoms with Gasteiger partial charge in [0, 0.05) is 25.7 Å². The Hall–Kier alpha value is -1.30.